The second-order valence-corrected chi connectivity index (χ2v) is 5.42. The zero-order chi connectivity index (χ0) is 16.4. The van der Waals surface area contributed by atoms with Gasteiger partial charge >= 0.3 is 0 Å². The third-order valence-corrected chi connectivity index (χ3v) is 3.52. The molecule has 0 aromatic carbocycles. The number of nitriles is 1. The minimum Gasteiger partial charge on any atom is -0.365 e. The maximum Gasteiger partial charge on any atom is 0.259 e. The first kappa shape index (κ1) is 15.6. The molecule has 0 saturated carbocycles. The Labute approximate surface area is 129 Å². The van der Waals surface area contributed by atoms with Gasteiger partial charge in [-0.3, -0.25) is 4.79 Å². The highest BCUT2D eigenvalue weighted by Crippen LogP contribution is 2.24. The highest BCUT2D eigenvalue weighted by molar-refractivity contribution is 6.00. The Hall–Kier alpha value is -2.81. The van der Waals surface area contributed by atoms with Crippen molar-refractivity contribution in [3.63, 3.8) is 0 Å². The van der Waals surface area contributed by atoms with E-state index < -0.39 is 5.91 Å². The second kappa shape index (κ2) is 5.90. The van der Waals surface area contributed by atoms with Crippen molar-refractivity contribution in [1.82, 2.24) is 14.3 Å². The van der Waals surface area contributed by atoms with Gasteiger partial charge in [0.25, 0.3) is 5.91 Å². The fourth-order valence-electron chi connectivity index (χ4n) is 2.48. The molecule has 2 aromatic rings. The molecule has 6 heteroatoms. The zero-order valence-corrected chi connectivity index (χ0v) is 13.2. The van der Waals surface area contributed by atoms with E-state index in [0.717, 1.165) is 22.8 Å². The van der Waals surface area contributed by atoms with Crippen LogP contribution in [0.2, 0.25) is 0 Å². The normalized spacial score (nSPS) is 11.7. The van der Waals surface area contributed by atoms with Crippen LogP contribution in [0, 0.1) is 25.2 Å². The fourth-order valence-corrected chi connectivity index (χ4v) is 2.48. The van der Waals surface area contributed by atoms with E-state index in [1.165, 1.54) is 6.08 Å². The maximum absolute atomic E-state index is 11.2. The van der Waals surface area contributed by atoms with E-state index in [9.17, 15) is 4.79 Å². The molecule has 1 amide bonds. The fraction of sp³-hybridized carbons (Fsp3) is 0.312. The van der Waals surface area contributed by atoms with Gasteiger partial charge in [0.1, 0.15) is 17.5 Å². The molecule has 0 fully saturated rings. The molecule has 2 heterocycles. The number of hydrogen-bond acceptors (Lipinski definition) is 3. The van der Waals surface area contributed by atoms with Gasteiger partial charge in [-0.15, -0.1) is 0 Å². The van der Waals surface area contributed by atoms with Crippen molar-refractivity contribution in [2.45, 2.75) is 33.7 Å². The monoisotopic (exact) mass is 297 g/mol. The van der Waals surface area contributed by atoms with Gasteiger partial charge in [-0.05, 0) is 45.4 Å². The summed E-state index contributed by atoms with van der Waals surface area (Å²) in [6.07, 6.45) is 3.28. The van der Waals surface area contributed by atoms with Crippen molar-refractivity contribution in [1.29, 1.82) is 5.26 Å². The van der Waals surface area contributed by atoms with Crippen LogP contribution >= 0.6 is 0 Å². The zero-order valence-electron chi connectivity index (χ0n) is 13.2. The molecule has 22 heavy (non-hydrogen) atoms. The topological polar surface area (TPSA) is 89.6 Å². The van der Waals surface area contributed by atoms with Crippen LogP contribution in [0.1, 0.15) is 36.8 Å². The SMILES string of the molecule is Cc1cc(/C=C(\C#N)C(N)=O)c(C)n1-c1ccnn1C(C)C. The van der Waals surface area contributed by atoms with Crippen molar-refractivity contribution in [2.75, 3.05) is 0 Å². The third kappa shape index (κ3) is 2.66. The Balaban J connectivity index is 2.60. The lowest BCUT2D eigenvalue weighted by molar-refractivity contribution is -0.114. The van der Waals surface area contributed by atoms with Gasteiger partial charge in [0.15, 0.2) is 0 Å². The summed E-state index contributed by atoms with van der Waals surface area (Å²) in [5, 5.41) is 13.3. The van der Waals surface area contributed by atoms with Gasteiger partial charge in [-0.25, -0.2) is 4.68 Å². The number of carbonyl (C=O) groups is 1. The number of aromatic nitrogens is 3. The van der Waals surface area contributed by atoms with E-state index in [1.54, 1.807) is 6.20 Å². The van der Waals surface area contributed by atoms with Crippen molar-refractivity contribution in [2.24, 2.45) is 5.73 Å². The van der Waals surface area contributed by atoms with Crippen LogP contribution in [-0.2, 0) is 4.79 Å². The van der Waals surface area contributed by atoms with E-state index >= 15 is 0 Å². The molecule has 0 saturated heterocycles. The number of primary amides is 1. The first-order valence-electron chi connectivity index (χ1n) is 7.01. The standard InChI is InChI=1S/C16H19N5O/c1-10(2)21-15(5-6-19-21)20-11(3)7-13(12(20)4)8-14(9-17)16(18)22/h5-8,10H,1-4H3,(H2,18,22)/b14-8+. The molecule has 0 unspecified atom stereocenters. The van der Waals surface area contributed by atoms with Gasteiger partial charge < -0.3 is 10.3 Å². The summed E-state index contributed by atoms with van der Waals surface area (Å²) in [7, 11) is 0. The number of amides is 1. The van der Waals surface area contributed by atoms with Crippen molar-refractivity contribution < 1.29 is 4.79 Å². The first-order valence-corrected chi connectivity index (χ1v) is 7.01. The summed E-state index contributed by atoms with van der Waals surface area (Å²) >= 11 is 0. The Bertz CT molecular complexity index is 786. The molecule has 0 radical (unpaired) electrons. The summed E-state index contributed by atoms with van der Waals surface area (Å²) in [5.41, 5.74) is 7.85. The Kier molecular flexibility index (Phi) is 4.18. The third-order valence-electron chi connectivity index (χ3n) is 3.52. The predicted octanol–water partition coefficient (Wildman–Crippen LogP) is 2.26. The quantitative estimate of drug-likeness (QED) is 0.693. The van der Waals surface area contributed by atoms with Gasteiger partial charge in [0.2, 0.25) is 0 Å². The number of carbonyl (C=O) groups excluding carboxylic acids is 1. The van der Waals surface area contributed by atoms with Crippen LogP contribution in [0.3, 0.4) is 0 Å². The van der Waals surface area contributed by atoms with Crippen LogP contribution in [0.4, 0.5) is 0 Å². The van der Waals surface area contributed by atoms with Crippen LogP contribution in [-0.4, -0.2) is 20.3 Å². The Morgan fingerprint density at radius 3 is 2.68 bits per heavy atom. The highest BCUT2D eigenvalue weighted by Gasteiger charge is 2.15. The number of aryl methyl sites for hydroxylation is 1. The predicted molar refractivity (Wildman–Crippen MR) is 84.2 cm³/mol. The largest absolute Gasteiger partial charge is 0.365 e. The van der Waals surface area contributed by atoms with E-state index in [1.807, 2.05) is 36.7 Å². The molecule has 0 aliphatic carbocycles. The lowest BCUT2D eigenvalue weighted by atomic mass is 10.1. The Morgan fingerprint density at radius 2 is 2.14 bits per heavy atom. The van der Waals surface area contributed by atoms with Crippen LogP contribution in [0.15, 0.2) is 23.9 Å². The van der Waals surface area contributed by atoms with Gasteiger partial charge in [-0.1, -0.05) is 0 Å². The summed E-state index contributed by atoms with van der Waals surface area (Å²) in [6.45, 7) is 8.03. The average Bonchev–Trinajstić information content (AvgIpc) is 3.01. The number of hydrogen-bond donors (Lipinski definition) is 1. The molecule has 0 atom stereocenters. The summed E-state index contributed by atoms with van der Waals surface area (Å²) < 4.78 is 3.97. The van der Waals surface area contributed by atoms with Crippen molar-refractivity contribution in [3.8, 4) is 11.9 Å². The molecule has 0 bridgehead atoms. The van der Waals surface area contributed by atoms with E-state index in [2.05, 4.69) is 23.5 Å². The number of nitrogens with two attached hydrogens (primary N) is 1. The smallest absolute Gasteiger partial charge is 0.259 e. The second-order valence-electron chi connectivity index (χ2n) is 5.42. The van der Waals surface area contributed by atoms with E-state index in [0.29, 0.717) is 0 Å². The van der Waals surface area contributed by atoms with Crippen LogP contribution in [0.25, 0.3) is 11.9 Å². The van der Waals surface area contributed by atoms with Gasteiger partial charge in [0, 0.05) is 23.5 Å². The van der Waals surface area contributed by atoms with Gasteiger partial charge in [0.05, 0.1) is 6.20 Å². The summed E-state index contributed by atoms with van der Waals surface area (Å²) in [4.78, 5) is 11.2. The average molecular weight is 297 g/mol. The molecule has 2 N–H and O–H groups in total. The molecule has 2 aromatic heterocycles. The van der Waals surface area contributed by atoms with Crippen LogP contribution in [0.5, 0.6) is 0 Å². The highest BCUT2D eigenvalue weighted by atomic mass is 16.1. The molecule has 0 spiro atoms. The lowest BCUT2D eigenvalue weighted by Gasteiger charge is -2.15. The minimum atomic E-state index is -0.723. The minimum absolute atomic E-state index is 0.0578. The Morgan fingerprint density at radius 1 is 1.45 bits per heavy atom. The molecule has 0 aliphatic rings. The molecule has 2 rings (SSSR count). The van der Waals surface area contributed by atoms with Gasteiger partial charge in [-0.2, -0.15) is 10.4 Å². The van der Waals surface area contributed by atoms with E-state index in [-0.39, 0.29) is 11.6 Å². The lowest BCUT2D eigenvalue weighted by Crippen LogP contribution is -2.12. The van der Waals surface area contributed by atoms with Crippen molar-refractivity contribution in [3.05, 3.63) is 40.9 Å². The molecular formula is C16H19N5O. The molecule has 6 nitrogen and oxygen atoms in total. The summed E-state index contributed by atoms with van der Waals surface area (Å²) in [5.74, 6) is 0.224. The molecule has 0 aliphatic heterocycles. The van der Waals surface area contributed by atoms with Crippen molar-refractivity contribution >= 4 is 12.0 Å². The molecule has 114 valence electrons. The first-order chi connectivity index (χ1) is 10.4. The summed E-state index contributed by atoms with van der Waals surface area (Å²) in [6, 6.07) is 5.92. The van der Waals surface area contributed by atoms with Crippen LogP contribution < -0.4 is 5.73 Å². The number of nitrogens with zero attached hydrogens (tertiary/aromatic N) is 4. The molecular weight excluding hydrogens is 278 g/mol. The number of rotatable bonds is 4. The maximum atomic E-state index is 11.2. The van der Waals surface area contributed by atoms with E-state index in [4.69, 9.17) is 11.0 Å².